The highest BCUT2D eigenvalue weighted by Gasteiger charge is 2.22. The van der Waals surface area contributed by atoms with Crippen LogP contribution >= 0.6 is 0 Å². The van der Waals surface area contributed by atoms with Gasteiger partial charge in [0.2, 0.25) is 0 Å². The maximum Gasteiger partial charge on any atom is 0.507 e. The fourth-order valence-corrected chi connectivity index (χ4v) is 1.63. The van der Waals surface area contributed by atoms with Crippen LogP contribution in [-0.2, 0) is 6.54 Å². The minimum atomic E-state index is -1.40. The molecule has 0 saturated heterocycles. The molecule has 0 radical (unpaired) electrons. The smallest absolute Gasteiger partial charge is 0.422 e. The van der Waals surface area contributed by atoms with Crippen LogP contribution < -0.4 is 5.59 Å². The molecule has 70 valence electrons. The van der Waals surface area contributed by atoms with Gasteiger partial charge >= 0.3 is 7.12 Å². The van der Waals surface area contributed by atoms with Gasteiger partial charge in [-0.1, -0.05) is 6.42 Å². The van der Waals surface area contributed by atoms with E-state index in [2.05, 4.69) is 5.10 Å². The largest absolute Gasteiger partial charge is 0.507 e. The van der Waals surface area contributed by atoms with E-state index >= 15 is 0 Å². The Bertz CT molecular complexity index is 283. The average Bonchev–Trinajstić information content (AvgIpc) is 2.44. The molecule has 0 spiro atoms. The lowest BCUT2D eigenvalue weighted by Gasteiger charge is -2.25. The molecule has 5 heteroatoms. The summed E-state index contributed by atoms with van der Waals surface area (Å²) in [6.45, 7) is 0.819. The van der Waals surface area contributed by atoms with Crippen molar-refractivity contribution < 1.29 is 10.0 Å². The SMILES string of the molecule is OB(O)c1ccnn1CC1CCC1. The molecule has 13 heavy (non-hydrogen) atoms. The van der Waals surface area contributed by atoms with E-state index in [4.69, 9.17) is 10.0 Å². The summed E-state index contributed by atoms with van der Waals surface area (Å²) in [5.41, 5.74) is 0.493. The zero-order valence-corrected chi connectivity index (χ0v) is 7.43. The van der Waals surface area contributed by atoms with Gasteiger partial charge in [-0.15, -0.1) is 0 Å². The summed E-state index contributed by atoms with van der Waals surface area (Å²) in [6, 6.07) is 1.64. The number of aromatic nitrogens is 2. The minimum Gasteiger partial charge on any atom is -0.422 e. The van der Waals surface area contributed by atoms with Crippen molar-refractivity contribution in [2.24, 2.45) is 5.92 Å². The lowest BCUT2D eigenvalue weighted by atomic mass is 9.83. The van der Waals surface area contributed by atoms with Gasteiger partial charge in [0, 0.05) is 12.7 Å². The van der Waals surface area contributed by atoms with Gasteiger partial charge in [0.05, 0.1) is 5.59 Å². The molecule has 0 unspecified atom stereocenters. The summed E-state index contributed by atoms with van der Waals surface area (Å²) in [6.07, 6.45) is 5.37. The number of hydrogen-bond acceptors (Lipinski definition) is 3. The standard InChI is InChI=1S/C8H13BN2O2/c12-9(13)8-4-5-10-11(8)6-7-2-1-3-7/h4-5,7,12-13H,1-3,6H2. The molecule has 0 bridgehead atoms. The summed E-state index contributed by atoms with van der Waals surface area (Å²) in [5.74, 6) is 0.678. The van der Waals surface area contributed by atoms with E-state index in [9.17, 15) is 0 Å². The van der Waals surface area contributed by atoms with Crippen LogP contribution in [-0.4, -0.2) is 26.9 Å². The van der Waals surface area contributed by atoms with Gasteiger partial charge in [-0.25, -0.2) is 0 Å². The van der Waals surface area contributed by atoms with Crippen molar-refractivity contribution in [1.29, 1.82) is 0 Å². The Morgan fingerprint density at radius 3 is 2.85 bits per heavy atom. The number of hydrogen-bond donors (Lipinski definition) is 2. The van der Waals surface area contributed by atoms with Gasteiger partial charge in [-0.2, -0.15) is 5.10 Å². The van der Waals surface area contributed by atoms with Crippen LogP contribution in [0.5, 0.6) is 0 Å². The molecule has 1 heterocycles. The van der Waals surface area contributed by atoms with Gasteiger partial charge < -0.3 is 10.0 Å². The minimum absolute atomic E-state index is 0.493. The van der Waals surface area contributed by atoms with Gasteiger partial charge in [-0.05, 0) is 24.8 Å². The molecule has 1 saturated carbocycles. The molecule has 1 aromatic rings. The maximum absolute atomic E-state index is 8.99. The number of rotatable bonds is 3. The Morgan fingerprint density at radius 2 is 2.31 bits per heavy atom. The van der Waals surface area contributed by atoms with Crippen LogP contribution in [0.4, 0.5) is 0 Å². The molecule has 0 aliphatic heterocycles. The van der Waals surface area contributed by atoms with Crippen molar-refractivity contribution in [2.75, 3.05) is 0 Å². The van der Waals surface area contributed by atoms with E-state index in [0.717, 1.165) is 6.54 Å². The fourth-order valence-electron chi connectivity index (χ4n) is 1.63. The summed E-state index contributed by atoms with van der Waals surface area (Å²) in [7, 11) is -1.40. The van der Waals surface area contributed by atoms with Crippen molar-refractivity contribution in [3.05, 3.63) is 12.3 Å². The lowest BCUT2D eigenvalue weighted by Crippen LogP contribution is -2.38. The zero-order valence-electron chi connectivity index (χ0n) is 7.43. The van der Waals surface area contributed by atoms with Crippen LogP contribution in [0.1, 0.15) is 19.3 Å². The van der Waals surface area contributed by atoms with E-state index in [-0.39, 0.29) is 0 Å². The topological polar surface area (TPSA) is 58.3 Å². The Morgan fingerprint density at radius 1 is 1.54 bits per heavy atom. The summed E-state index contributed by atoms with van der Waals surface area (Å²) in [4.78, 5) is 0. The Hall–Kier alpha value is -0.805. The monoisotopic (exact) mass is 180 g/mol. The lowest BCUT2D eigenvalue weighted by molar-refractivity contribution is 0.267. The molecule has 4 nitrogen and oxygen atoms in total. The molecular weight excluding hydrogens is 167 g/mol. The molecule has 0 atom stereocenters. The van der Waals surface area contributed by atoms with Crippen molar-refractivity contribution in [3.8, 4) is 0 Å². The van der Waals surface area contributed by atoms with Crippen LogP contribution in [0, 0.1) is 5.92 Å². The van der Waals surface area contributed by atoms with E-state index in [1.165, 1.54) is 19.3 Å². The first-order valence-corrected chi connectivity index (χ1v) is 4.65. The van der Waals surface area contributed by atoms with Crippen molar-refractivity contribution >= 4 is 12.7 Å². The molecule has 0 aromatic carbocycles. The van der Waals surface area contributed by atoms with Crippen LogP contribution in [0.15, 0.2) is 12.3 Å². The Kier molecular flexibility index (Phi) is 2.37. The van der Waals surface area contributed by atoms with Crippen molar-refractivity contribution in [1.82, 2.24) is 9.78 Å². The predicted molar refractivity (Wildman–Crippen MR) is 49.4 cm³/mol. The zero-order chi connectivity index (χ0) is 9.26. The molecular formula is C8H13BN2O2. The van der Waals surface area contributed by atoms with Crippen LogP contribution in [0.3, 0.4) is 0 Å². The Labute approximate surface area is 77.3 Å². The number of nitrogens with zero attached hydrogens (tertiary/aromatic N) is 2. The first-order chi connectivity index (χ1) is 6.27. The molecule has 2 rings (SSSR count). The van der Waals surface area contributed by atoms with E-state index in [1.807, 2.05) is 0 Å². The van der Waals surface area contributed by atoms with E-state index in [0.29, 0.717) is 11.5 Å². The molecule has 1 aliphatic rings. The van der Waals surface area contributed by atoms with Gasteiger partial charge in [0.25, 0.3) is 0 Å². The van der Waals surface area contributed by atoms with Crippen LogP contribution in [0.25, 0.3) is 0 Å². The van der Waals surface area contributed by atoms with Crippen molar-refractivity contribution in [3.63, 3.8) is 0 Å². The van der Waals surface area contributed by atoms with Gasteiger partial charge in [0.15, 0.2) is 0 Å². The summed E-state index contributed by atoms with van der Waals surface area (Å²) >= 11 is 0. The summed E-state index contributed by atoms with van der Waals surface area (Å²) in [5, 5.41) is 22.0. The third-order valence-electron chi connectivity index (χ3n) is 2.67. The molecule has 1 aromatic heterocycles. The van der Waals surface area contributed by atoms with Crippen molar-refractivity contribution in [2.45, 2.75) is 25.8 Å². The third kappa shape index (κ3) is 1.76. The Balaban J connectivity index is 2.05. The van der Waals surface area contributed by atoms with E-state index in [1.54, 1.807) is 16.9 Å². The molecule has 1 fully saturated rings. The third-order valence-corrected chi connectivity index (χ3v) is 2.67. The van der Waals surface area contributed by atoms with E-state index < -0.39 is 7.12 Å². The second-order valence-electron chi connectivity index (χ2n) is 3.61. The first kappa shape index (κ1) is 8.78. The predicted octanol–water partition coefficient (Wildman–Crippen LogP) is -0.637. The van der Waals surface area contributed by atoms with Crippen LogP contribution in [0.2, 0.25) is 0 Å². The summed E-state index contributed by atoms with van der Waals surface area (Å²) < 4.78 is 1.69. The molecule has 0 amide bonds. The highest BCUT2D eigenvalue weighted by molar-refractivity contribution is 6.57. The normalized spacial score (nSPS) is 17.1. The highest BCUT2D eigenvalue weighted by Crippen LogP contribution is 2.27. The fraction of sp³-hybridized carbons (Fsp3) is 0.625. The van der Waals surface area contributed by atoms with Gasteiger partial charge in [0.1, 0.15) is 0 Å². The maximum atomic E-state index is 8.99. The van der Waals surface area contributed by atoms with Gasteiger partial charge in [-0.3, -0.25) is 4.68 Å². The second kappa shape index (κ2) is 3.51. The average molecular weight is 180 g/mol. The highest BCUT2D eigenvalue weighted by atomic mass is 16.4. The first-order valence-electron chi connectivity index (χ1n) is 4.65. The molecule has 1 aliphatic carbocycles. The second-order valence-corrected chi connectivity index (χ2v) is 3.61. The molecule has 2 N–H and O–H groups in total. The quantitative estimate of drug-likeness (QED) is 0.608.